The maximum Gasteiger partial charge on any atom is 0.161 e. The molecule has 0 saturated heterocycles. The SMILES string of the molecule is COc1ccc2[nH]c3c(c2c1)C[C@H]1c2cc(OC)c(OCc4ccc(C)cc4)cc2CCN1C3. The van der Waals surface area contributed by atoms with E-state index in [1.54, 1.807) is 14.2 Å². The lowest BCUT2D eigenvalue weighted by Gasteiger charge is -2.40. The van der Waals surface area contributed by atoms with Crippen molar-refractivity contribution in [2.75, 3.05) is 20.8 Å². The summed E-state index contributed by atoms with van der Waals surface area (Å²) in [5.74, 6) is 2.53. The zero-order valence-corrected chi connectivity index (χ0v) is 20.0. The summed E-state index contributed by atoms with van der Waals surface area (Å²) in [5.41, 5.74) is 9.04. The molecule has 0 aliphatic carbocycles. The van der Waals surface area contributed by atoms with Gasteiger partial charge in [-0.2, -0.15) is 0 Å². The molecule has 1 N–H and O–H groups in total. The fourth-order valence-corrected chi connectivity index (χ4v) is 5.48. The number of aromatic amines is 1. The van der Waals surface area contributed by atoms with Gasteiger partial charge in [-0.25, -0.2) is 0 Å². The molecule has 5 nitrogen and oxygen atoms in total. The van der Waals surface area contributed by atoms with Crippen LogP contribution in [0.2, 0.25) is 0 Å². The van der Waals surface area contributed by atoms with Crippen molar-refractivity contribution in [3.63, 3.8) is 0 Å². The van der Waals surface area contributed by atoms with Gasteiger partial charge in [0.1, 0.15) is 12.4 Å². The van der Waals surface area contributed by atoms with Crippen LogP contribution in [0.5, 0.6) is 17.2 Å². The van der Waals surface area contributed by atoms with E-state index in [1.165, 1.54) is 38.9 Å². The third-order valence-corrected chi connectivity index (χ3v) is 7.37. The van der Waals surface area contributed by atoms with E-state index >= 15 is 0 Å². The van der Waals surface area contributed by atoms with Crippen LogP contribution in [-0.4, -0.2) is 30.6 Å². The van der Waals surface area contributed by atoms with Gasteiger partial charge in [-0.1, -0.05) is 29.8 Å². The predicted octanol–water partition coefficient (Wildman–Crippen LogP) is 5.73. The Bertz CT molecular complexity index is 1360. The predicted molar refractivity (Wildman–Crippen MR) is 134 cm³/mol. The van der Waals surface area contributed by atoms with Crippen molar-refractivity contribution >= 4 is 10.9 Å². The van der Waals surface area contributed by atoms with Crippen molar-refractivity contribution in [1.29, 1.82) is 0 Å². The maximum atomic E-state index is 6.23. The molecule has 174 valence electrons. The van der Waals surface area contributed by atoms with Crippen LogP contribution in [0.3, 0.4) is 0 Å². The van der Waals surface area contributed by atoms with Crippen LogP contribution in [0, 0.1) is 6.92 Å². The molecule has 1 aromatic heterocycles. The number of aryl methyl sites for hydroxylation is 1. The van der Waals surface area contributed by atoms with Crippen molar-refractivity contribution in [2.24, 2.45) is 0 Å². The fraction of sp³-hybridized carbons (Fsp3) is 0.310. The molecule has 2 aliphatic rings. The summed E-state index contributed by atoms with van der Waals surface area (Å²) in [5, 5.41) is 1.27. The van der Waals surface area contributed by atoms with E-state index in [1.807, 2.05) is 6.07 Å². The molecule has 0 bridgehead atoms. The molecule has 0 fully saturated rings. The Morgan fingerprint density at radius 2 is 1.82 bits per heavy atom. The lowest BCUT2D eigenvalue weighted by Crippen LogP contribution is -2.39. The molecule has 34 heavy (non-hydrogen) atoms. The van der Waals surface area contributed by atoms with Crippen molar-refractivity contribution in [3.8, 4) is 17.2 Å². The van der Waals surface area contributed by atoms with E-state index in [9.17, 15) is 0 Å². The first-order valence-corrected chi connectivity index (χ1v) is 11.9. The third kappa shape index (κ3) is 3.61. The van der Waals surface area contributed by atoms with Crippen molar-refractivity contribution in [2.45, 2.75) is 39.0 Å². The number of aromatic nitrogens is 1. The summed E-state index contributed by atoms with van der Waals surface area (Å²) < 4.78 is 17.5. The molecule has 4 aromatic rings. The smallest absolute Gasteiger partial charge is 0.161 e. The largest absolute Gasteiger partial charge is 0.497 e. The monoisotopic (exact) mass is 454 g/mol. The second-order valence-corrected chi connectivity index (χ2v) is 9.41. The first kappa shape index (κ1) is 21.1. The number of ether oxygens (including phenoxy) is 3. The second-order valence-electron chi connectivity index (χ2n) is 9.41. The van der Waals surface area contributed by atoms with Crippen LogP contribution in [0.25, 0.3) is 10.9 Å². The van der Waals surface area contributed by atoms with Crippen LogP contribution in [0.1, 0.15) is 39.6 Å². The highest BCUT2D eigenvalue weighted by molar-refractivity contribution is 5.86. The van der Waals surface area contributed by atoms with Crippen molar-refractivity contribution in [1.82, 2.24) is 9.88 Å². The molecule has 2 aliphatic heterocycles. The number of nitrogens with zero attached hydrogens (tertiary/aromatic N) is 1. The third-order valence-electron chi connectivity index (χ3n) is 7.37. The lowest BCUT2D eigenvalue weighted by atomic mass is 9.85. The minimum atomic E-state index is 0.335. The van der Waals surface area contributed by atoms with Gasteiger partial charge in [-0.15, -0.1) is 0 Å². The zero-order chi connectivity index (χ0) is 23.2. The first-order valence-electron chi connectivity index (χ1n) is 11.9. The summed E-state index contributed by atoms with van der Waals surface area (Å²) in [6.45, 7) is 4.61. The Morgan fingerprint density at radius 3 is 2.62 bits per heavy atom. The Kier molecular flexibility index (Phi) is 5.22. The molecule has 0 saturated carbocycles. The Labute approximate surface area is 200 Å². The molecule has 6 rings (SSSR count). The van der Waals surface area contributed by atoms with Gasteiger partial charge in [0.05, 0.1) is 14.2 Å². The summed E-state index contributed by atoms with van der Waals surface area (Å²) in [6.07, 6.45) is 1.99. The molecule has 3 heterocycles. The van der Waals surface area contributed by atoms with E-state index in [4.69, 9.17) is 14.2 Å². The molecule has 1 atom stereocenters. The molecular formula is C29H30N2O3. The van der Waals surface area contributed by atoms with Crippen LogP contribution < -0.4 is 14.2 Å². The van der Waals surface area contributed by atoms with Gasteiger partial charge in [0, 0.05) is 35.7 Å². The molecule has 0 radical (unpaired) electrons. The quantitative estimate of drug-likeness (QED) is 0.418. The summed E-state index contributed by atoms with van der Waals surface area (Å²) in [7, 11) is 3.45. The van der Waals surface area contributed by atoms with Gasteiger partial charge < -0.3 is 19.2 Å². The number of H-pyrrole nitrogens is 1. The fourth-order valence-electron chi connectivity index (χ4n) is 5.48. The highest BCUT2D eigenvalue weighted by Gasteiger charge is 2.34. The molecule has 3 aromatic carbocycles. The van der Waals surface area contributed by atoms with Gasteiger partial charge in [-0.3, -0.25) is 4.90 Å². The van der Waals surface area contributed by atoms with Crippen molar-refractivity contribution in [3.05, 3.63) is 88.1 Å². The van der Waals surface area contributed by atoms with Crippen LogP contribution >= 0.6 is 0 Å². The number of fused-ring (bicyclic) bond motifs is 6. The van der Waals surface area contributed by atoms with E-state index in [0.717, 1.165) is 48.7 Å². The van der Waals surface area contributed by atoms with E-state index in [2.05, 4.69) is 65.3 Å². The summed E-state index contributed by atoms with van der Waals surface area (Å²) >= 11 is 0. The Balaban J connectivity index is 1.32. The highest BCUT2D eigenvalue weighted by Crippen LogP contribution is 2.44. The van der Waals surface area contributed by atoms with E-state index in [0.29, 0.717) is 12.6 Å². The first-order chi connectivity index (χ1) is 16.6. The molecule has 0 spiro atoms. The number of hydrogen-bond donors (Lipinski definition) is 1. The number of methoxy groups -OCH3 is 2. The number of hydrogen-bond acceptors (Lipinski definition) is 4. The molecule has 5 heteroatoms. The lowest BCUT2D eigenvalue weighted by molar-refractivity contribution is 0.158. The minimum absolute atomic E-state index is 0.335. The average molecular weight is 455 g/mol. The van der Waals surface area contributed by atoms with Crippen molar-refractivity contribution < 1.29 is 14.2 Å². The molecule has 0 amide bonds. The Hall–Kier alpha value is -3.44. The second kappa shape index (κ2) is 8.41. The number of rotatable bonds is 5. The van der Waals surface area contributed by atoms with Gasteiger partial charge in [0.2, 0.25) is 0 Å². The van der Waals surface area contributed by atoms with Gasteiger partial charge in [0.15, 0.2) is 11.5 Å². The van der Waals surface area contributed by atoms with E-state index in [-0.39, 0.29) is 0 Å². The molecule has 0 unspecified atom stereocenters. The van der Waals surface area contributed by atoms with Gasteiger partial charge in [0.25, 0.3) is 0 Å². The number of benzene rings is 3. The summed E-state index contributed by atoms with van der Waals surface area (Å²) in [6, 6.07) is 19.5. The van der Waals surface area contributed by atoms with Crippen LogP contribution in [0.15, 0.2) is 54.6 Å². The van der Waals surface area contributed by atoms with E-state index < -0.39 is 0 Å². The molecular weight excluding hydrogens is 424 g/mol. The zero-order valence-electron chi connectivity index (χ0n) is 20.0. The topological polar surface area (TPSA) is 46.7 Å². The average Bonchev–Trinajstić information content (AvgIpc) is 3.23. The van der Waals surface area contributed by atoms with Crippen LogP contribution in [-0.2, 0) is 26.0 Å². The standard InChI is InChI=1S/C29H30N2O3/c1-18-4-6-19(7-5-18)17-34-29-12-20-10-11-31-16-26-24(14-27(31)22(20)15-28(29)33-3)23-13-21(32-2)8-9-25(23)30-26/h4-9,12-13,15,27,30H,10-11,14,16-17H2,1-3H3/t27-/m0/s1. The minimum Gasteiger partial charge on any atom is -0.497 e. The maximum absolute atomic E-state index is 6.23. The Morgan fingerprint density at radius 1 is 0.971 bits per heavy atom. The van der Waals surface area contributed by atoms with Gasteiger partial charge in [-0.05, 0) is 72.4 Å². The van der Waals surface area contributed by atoms with Crippen LogP contribution in [0.4, 0.5) is 0 Å². The highest BCUT2D eigenvalue weighted by atomic mass is 16.5. The normalized spacial score (nSPS) is 17.1. The van der Waals surface area contributed by atoms with Gasteiger partial charge >= 0.3 is 0 Å². The number of nitrogens with one attached hydrogen (secondary N) is 1. The summed E-state index contributed by atoms with van der Waals surface area (Å²) in [4.78, 5) is 6.24.